The van der Waals surface area contributed by atoms with Crippen molar-refractivity contribution in [2.45, 2.75) is 80.1 Å². The first-order chi connectivity index (χ1) is 7.79. The van der Waals surface area contributed by atoms with Gasteiger partial charge < -0.3 is 0 Å². The standard InChI is InChI=1S/C12H20.2C2H6/c1-9-5-3-7-11-8-4-6-10(2)12(9)11;2*1-2/h9-10H,3-8H2,1-2H3;2*1-2H3. The van der Waals surface area contributed by atoms with E-state index >= 15 is 0 Å². The molecule has 2 aliphatic carbocycles. The zero-order chi connectivity index (χ0) is 12.6. The fourth-order valence-electron chi connectivity index (χ4n) is 3.15. The van der Waals surface area contributed by atoms with Gasteiger partial charge in [0.15, 0.2) is 0 Å². The Bertz CT molecular complexity index is 180. The fourth-order valence-corrected chi connectivity index (χ4v) is 3.15. The molecule has 0 bridgehead atoms. The monoisotopic (exact) mass is 224 g/mol. The lowest BCUT2D eigenvalue weighted by Gasteiger charge is -2.34. The van der Waals surface area contributed by atoms with Gasteiger partial charge in [0.2, 0.25) is 0 Å². The average Bonchev–Trinajstić information content (AvgIpc) is 2.34. The Labute approximate surface area is 104 Å². The van der Waals surface area contributed by atoms with E-state index in [0.717, 1.165) is 11.8 Å². The molecule has 0 aromatic heterocycles. The molecule has 0 saturated heterocycles. The minimum atomic E-state index is 0.907. The van der Waals surface area contributed by atoms with E-state index in [1.165, 1.54) is 38.5 Å². The minimum absolute atomic E-state index is 0.907. The van der Waals surface area contributed by atoms with Crippen molar-refractivity contribution in [3.63, 3.8) is 0 Å². The molecule has 0 aliphatic heterocycles. The molecule has 0 nitrogen and oxygen atoms in total. The van der Waals surface area contributed by atoms with Gasteiger partial charge in [-0.2, -0.15) is 0 Å². The molecule has 2 aliphatic rings. The summed E-state index contributed by atoms with van der Waals surface area (Å²) in [5, 5.41) is 0. The van der Waals surface area contributed by atoms with Crippen molar-refractivity contribution < 1.29 is 0 Å². The predicted molar refractivity (Wildman–Crippen MR) is 75.8 cm³/mol. The van der Waals surface area contributed by atoms with Gasteiger partial charge in [-0.1, -0.05) is 52.7 Å². The Balaban J connectivity index is 0.000000509. The van der Waals surface area contributed by atoms with Crippen LogP contribution in [-0.4, -0.2) is 0 Å². The third-order valence-corrected chi connectivity index (χ3v) is 3.70. The first-order valence-corrected chi connectivity index (χ1v) is 7.51. The molecular formula is C16H32. The first kappa shape index (κ1) is 15.7. The zero-order valence-electron chi connectivity index (χ0n) is 12.4. The van der Waals surface area contributed by atoms with Gasteiger partial charge in [-0.25, -0.2) is 0 Å². The lowest BCUT2D eigenvalue weighted by Crippen LogP contribution is -2.19. The van der Waals surface area contributed by atoms with Crippen LogP contribution >= 0.6 is 0 Å². The van der Waals surface area contributed by atoms with E-state index in [1.807, 2.05) is 38.8 Å². The maximum absolute atomic E-state index is 2.43. The molecule has 2 unspecified atom stereocenters. The van der Waals surface area contributed by atoms with E-state index in [0.29, 0.717) is 0 Å². The molecule has 0 spiro atoms. The topological polar surface area (TPSA) is 0 Å². The maximum Gasteiger partial charge on any atom is -0.0226 e. The molecule has 0 aromatic rings. The van der Waals surface area contributed by atoms with Crippen LogP contribution in [-0.2, 0) is 0 Å². The number of allylic oxidation sites excluding steroid dienone is 2. The van der Waals surface area contributed by atoms with E-state index in [4.69, 9.17) is 0 Å². The summed E-state index contributed by atoms with van der Waals surface area (Å²) in [5.74, 6) is 1.81. The molecule has 0 radical (unpaired) electrons. The van der Waals surface area contributed by atoms with Gasteiger partial charge in [-0.05, 0) is 50.4 Å². The third-order valence-electron chi connectivity index (χ3n) is 3.70. The Morgan fingerprint density at radius 1 is 0.750 bits per heavy atom. The predicted octanol–water partition coefficient (Wildman–Crippen LogP) is 5.98. The molecule has 0 saturated carbocycles. The lowest BCUT2D eigenvalue weighted by atomic mass is 9.72. The van der Waals surface area contributed by atoms with Crippen molar-refractivity contribution in [2.75, 3.05) is 0 Å². The first-order valence-electron chi connectivity index (χ1n) is 7.51. The fraction of sp³-hybridized carbons (Fsp3) is 0.875. The van der Waals surface area contributed by atoms with Crippen LogP contribution < -0.4 is 0 Å². The molecule has 0 aromatic carbocycles. The van der Waals surface area contributed by atoms with Gasteiger partial charge in [0.05, 0.1) is 0 Å². The molecule has 2 atom stereocenters. The van der Waals surface area contributed by atoms with Crippen molar-refractivity contribution >= 4 is 0 Å². The second-order valence-electron chi connectivity index (χ2n) is 4.65. The number of rotatable bonds is 0. The zero-order valence-corrected chi connectivity index (χ0v) is 12.4. The van der Waals surface area contributed by atoms with Gasteiger partial charge in [-0.3, -0.25) is 0 Å². The smallest absolute Gasteiger partial charge is 0.0226 e. The molecule has 96 valence electrons. The van der Waals surface area contributed by atoms with Crippen LogP contribution in [0.2, 0.25) is 0 Å². The quantitative estimate of drug-likeness (QED) is 0.444. The highest BCUT2D eigenvalue weighted by molar-refractivity contribution is 5.23. The van der Waals surface area contributed by atoms with Crippen LogP contribution in [0.15, 0.2) is 11.1 Å². The summed E-state index contributed by atoms with van der Waals surface area (Å²) in [6.45, 7) is 12.9. The summed E-state index contributed by atoms with van der Waals surface area (Å²) >= 11 is 0. The lowest BCUT2D eigenvalue weighted by molar-refractivity contribution is 0.408. The SMILES string of the molecule is CC.CC.CC1CCCC2=C1C(C)CCC2. The molecule has 0 N–H and O–H groups in total. The Morgan fingerprint density at radius 2 is 1.12 bits per heavy atom. The van der Waals surface area contributed by atoms with E-state index in [2.05, 4.69) is 13.8 Å². The largest absolute Gasteiger partial charge is 0.0705 e. The van der Waals surface area contributed by atoms with Crippen LogP contribution in [0.5, 0.6) is 0 Å². The molecule has 2 rings (SSSR count). The van der Waals surface area contributed by atoms with Crippen molar-refractivity contribution in [1.29, 1.82) is 0 Å². The van der Waals surface area contributed by atoms with Gasteiger partial charge in [0.25, 0.3) is 0 Å². The van der Waals surface area contributed by atoms with Crippen molar-refractivity contribution in [3.8, 4) is 0 Å². The molecule has 0 amide bonds. The van der Waals surface area contributed by atoms with Crippen molar-refractivity contribution in [2.24, 2.45) is 11.8 Å². The highest BCUT2D eigenvalue weighted by atomic mass is 14.3. The Kier molecular flexibility index (Phi) is 8.70. The summed E-state index contributed by atoms with van der Waals surface area (Å²) < 4.78 is 0. The Hall–Kier alpha value is -0.260. The molecule has 0 heteroatoms. The minimum Gasteiger partial charge on any atom is -0.0705 e. The van der Waals surface area contributed by atoms with Gasteiger partial charge in [0, 0.05) is 0 Å². The third kappa shape index (κ3) is 3.96. The van der Waals surface area contributed by atoms with Gasteiger partial charge in [-0.15, -0.1) is 0 Å². The summed E-state index contributed by atoms with van der Waals surface area (Å²) in [4.78, 5) is 0. The number of hydrogen-bond donors (Lipinski definition) is 0. The molecule has 0 heterocycles. The second kappa shape index (κ2) is 8.84. The molecule has 0 fully saturated rings. The van der Waals surface area contributed by atoms with E-state index in [-0.39, 0.29) is 0 Å². The van der Waals surface area contributed by atoms with Crippen LogP contribution in [0, 0.1) is 11.8 Å². The van der Waals surface area contributed by atoms with E-state index < -0.39 is 0 Å². The highest BCUT2D eigenvalue weighted by Gasteiger charge is 2.26. The normalized spacial score (nSPS) is 28.1. The Morgan fingerprint density at radius 3 is 1.44 bits per heavy atom. The van der Waals surface area contributed by atoms with Crippen molar-refractivity contribution in [1.82, 2.24) is 0 Å². The molecule has 16 heavy (non-hydrogen) atoms. The summed E-state index contributed by atoms with van der Waals surface area (Å²) in [6, 6.07) is 0. The summed E-state index contributed by atoms with van der Waals surface area (Å²) in [7, 11) is 0. The summed E-state index contributed by atoms with van der Waals surface area (Å²) in [6.07, 6.45) is 8.64. The number of hydrogen-bond acceptors (Lipinski definition) is 0. The van der Waals surface area contributed by atoms with Crippen LogP contribution in [0.4, 0.5) is 0 Å². The van der Waals surface area contributed by atoms with Crippen molar-refractivity contribution in [3.05, 3.63) is 11.1 Å². The molecular weight excluding hydrogens is 192 g/mol. The van der Waals surface area contributed by atoms with Crippen LogP contribution in [0.1, 0.15) is 80.1 Å². The van der Waals surface area contributed by atoms with E-state index in [9.17, 15) is 0 Å². The van der Waals surface area contributed by atoms with Gasteiger partial charge >= 0.3 is 0 Å². The van der Waals surface area contributed by atoms with Crippen LogP contribution in [0.25, 0.3) is 0 Å². The highest BCUT2D eigenvalue weighted by Crippen LogP contribution is 2.41. The van der Waals surface area contributed by atoms with Gasteiger partial charge in [0.1, 0.15) is 0 Å². The van der Waals surface area contributed by atoms with E-state index in [1.54, 1.807) is 0 Å². The maximum atomic E-state index is 2.43. The average molecular weight is 224 g/mol. The summed E-state index contributed by atoms with van der Waals surface area (Å²) in [5.41, 5.74) is 3.69. The van der Waals surface area contributed by atoms with Crippen LogP contribution in [0.3, 0.4) is 0 Å². The second-order valence-corrected chi connectivity index (χ2v) is 4.65.